The number of hydrogen-bond acceptors (Lipinski definition) is 9. The molecule has 9 heteroatoms. The smallest absolute Gasteiger partial charge is 0.238 e. The summed E-state index contributed by atoms with van der Waals surface area (Å²) in [6, 6.07) is 3.19. The molecule has 0 fully saturated rings. The highest BCUT2D eigenvalue weighted by Crippen LogP contribution is 2.49. The Bertz CT molecular complexity index is 1070. The third kappa shape index (κ3) is 2.29. The summed E-state index contributed by atoms with van der Waals surface area (Å²) in [4.78, 5) is 12.3. The van der Waals surface area contributed by atoms with Crippen molar-refractivity contribution in [3.63, 3.8) is 0 Å². The van der Waals surface area contributed by atoms with Gasteiger partial charge in [-0.05, 0) is 6.07 Å². The van der Waals surface area contributed by atoms with Gasteiger partial charge in [-0.25, -0.2) is 0 Å². The van der Waals surface area contributed by atoms with E-state index in [4.69, 9.17) is 9.15 Å². The first-order chi connectivity index (χ1) is 11.8. The molecule has 9 nitrogen and oxygen atoms in total. The van der Waals surface area contributed by atoms with E-state index < -0.39 is 51.2 Å². The van der Waals surface area contributed by atoms with Gasteiger partial charge in [-0.1, -0.05) is 0 Å². The second kappa shape index (κ2) is 5.41. The van der Waals surface area contributed by atoms with Gasteiger partial charge in [-0.15, -0.1) is 0 Å². The van der Waals surface area contributed by atoms with Crippen LogP contribution in [-0.4, -0.2) is 37.7 Å². The number of ether oxygens (including phenoxy) is 1. The normalized spacial score (nSPS) is 10.9. The summed E-state index contributed by atoms with van der Waals surface area (Å²) >= 11 is 0. The van der Waals surface area contributed by atoms with Gasteiger partial charge in [0, 0.05) is 12.1 Å². The standard InChI is InChI=1S/C16H12O9/c1-24-5-2-7(17)10-9(3-5)25-16(15(23)13(10)21)6-4-8(18)12(20)14(22)11(6)19/h2-4,17-20,22-23H,1H3. The summed E-state index contributed by atoms with van der Waals surface area (Å²) in [5.74, 6) is -5.70. The fourth-order valence-electron chi connectivity index (χ4n) is 2.37. The van der Waals surface area contributed by atoms with Crippen LogP contribution in [0, 0.1) is 0 Å². The van der Waals surface area contributed by atoms with Gasteiger partial charge in [0.25, 0.3) is 0 Å². The Hall–Kier alpha value is -3.75. The highest BCUT2D eigenvalue weighted by Gasteiger charge is 2.25. The van der Waals surface area contributed by atoms with Crippen molar-refractivity contribution in [3.05, 3.63) is 28.4 Å². The van der Waals surface area contributed by atoms with Crippen molar-refractivity contribution in [1.29, 1.82) is 0 Å². The van der Waals surface area contributed by atoms with E-state index >= 15 is 0 Å². The van der Waals surface area contributed by atoms with Gasteiger partial charge >= 0.3 is 0 Å². The zero-order valence-corrected chi connectivity index (χ0v) is 12.6. The monoisotopic (exact) mass is 348 g/mol. The van der Waals surface area contributed by atoms with E-state index in [0.29, 0.717) is 0 Å². The zero-order valence-electron chi connectivity index (χ0n) is 12.6. The van der Waals surface area contributed by atoms with E-state index in [9.17, 15) is 35.4 Å². The van der Waals surface area contributed by atoms with Crippen LogP contribution in [0.3, 0.4) is 0 Å². The van der Waals surface area contributed by atoms with Crippen LogP contribution in [0.1, 0.15) is 0 Å². The summed E-state index contributed by atoms with van der Waals surface area (Å²) in [5, 5.41) is 58.2. The molecule has 0 aliphatic carbocycles. The molecule has 0 amide bonds. The Morgan fingerprint density at radius 3 is 2.16 bits per heavy atom. The molecule has 0 spiro atoms. The van der Waals surface area contributed by atoms with Gasteiger partial charge in [0.1, 0.15) is 22.5 Å². The lowest BCUT2D eigenvalue weighted by molar-refractivity contribution is 0.346. The molecule has 3 rings (SSSR count). The van der Waals surface area contributed by atoms with Crippen LogP contribution in [-0.2, 0) is 0 Å². The fourth-order valence-corrected chi connectivity index (χ4v) is 2.37. The number of benzene rings is 2. The molecule has 3 aromatic rings. The molecule has 0 unspecified atom stereocenters. The van der Waals surface area contributed by atoms with E-state index in [-0.39, 0.29) is 16.7 Å². The number of aromatic hydroxyl groups is 6. The maximum atomic E-state index is 12.3. The molecular weight excluding hydrogens is 336 g/mol. The number of methoxy groups -OCH3 is 1. The molecule has 1 aromatic heterocycles. The van der Waals surface area contributed by atoms with Gasteiger partial charge in [0.2, 0.25) is 22.7 Å². The Labute approximate surface area is 138 Å². The molecule has 2 aromatic carbocycles. The van der Waals surface area contributed by atoms with Crippen LogP contribution in [0.15, 0.2) is 27.4 Å². The lowest BCUT2D eigenvalue weighted by Crippen LogP contribution is -2.03. The van der Waals surface area contributed by atoms with Crippen molar-refractivity contribution in [2.75, 3.05) is 7.11 Å². The topological polar surface area (TPSA) is 161 Å². The summed E-state index contributed by atoms with van der Waals surface area (Å²) in [6.45, 7) is 0. The van der Waals surface area contributed by atoms with Crippen molar-refractivity contribution >= 4 is 11.0 Å². The number of hydrogen-bond donors (Lipinski definition) is 6. The first-order valence-electron chi connectivity index (χ1n) is 6.80. The summed E-state index contributed by atoms with van der Waals surface area (Å²) in [6.07, 6.45) is 0. The van der Waals surface area contributed by atoms with Gasteiger partial charge in [0.15, 0.2) is 17.3 Å². The summed E-state index contributed by atoms with van der Waals surface area (Å²) in [5.41, 5.74) is -1.64. The van der Waals surface area contributed by atoms with E-state index in [1.165, 1.54) is 13.2 Å². The van der Waals surface area contributed by atoms with E-state index in [2.05, 4.69) is 0 Å². The second-order valence-corrected chi connectivity index (χ2v) is 5.12. The summed E-state index contributed by atoms with van der Waals surface area (Å²) < 4.78 is 10.3. The Morgan fingerprint density at radius 1 is 0.840 bits per heavy atom. The van der Waals surface area contributed by atoms with Crippen LogP contribution < -0.4 is 10.2 Å². The third-order valence-corrected chi connectivity index (χ3v) is 3.63. The molecule has 25 heavy (non-hydrogen) atoms. The summed E-state index contributed by atoms with van der Waals surface area (Å²) in [7, 11) is 1.32. The quantitative estimate of drug-likeness (QED) is 0.299. The molecule has 0 saturated carbocycles. The SMILES string of the molecule is COc1cc(O)c2c(=O)c(O)c(-c3cc(O)c(O)c(O)c3O)oc2c1. The van der Waals surface area contributed by atoms with Gasteiger partial charge < -0.3 is 39.8 Å². The number of phenols is 5. The predicted molar refractivity (Wildman–Crippen MR) is 84.5 cm³/mol. The average Bonchev–Trinajstić information content (AvgIpc) is 2.59. The maximum absolute atomic E-state index is 12.3. The molecule has 0 radical (unpaired) electrons. The molecule has 1 heterocycles. The largest absolute Gasteiger partial charge is 0.507 e. The number of phenolic OH excluding ortho intramolecular Hbond substituents is 5. The lowest BCUT2D eigenvalue weighted by Gasteiger charge is -2.11. The van der Waals surface area contributed by atoms with Crippen LogP contribution >= 0.6 is 0 Å². The van der Waals surface area contributed by atoms with Gasteiger partial charge in [-0.2, -0.15) is 0 Å². The first-order valence-corrected chi connectivity index (χ1v) is 6.80. The van der Waals surface area contributed by atoms with Crippen molar-refractivity contribution in [1.82, 2.24) is 0 Å². The predicted octanol–water partition coefficient (Wildman–Crippen LogP) is 1.70. The minimum absolute atomic E-state index is 0.158. The number of rotatable bonds is 2. The van der Waals surface area contributed by atoms with E-state index in [0.717, 1.165) is 12.1 Å². The van der Waals surface area contributed by atoms with Crippen LogP contribution in [0.2, 0.25) is 0 Å². The number of fused-ring (bicyclic) bond motifs is 1. The molecular formula is C16H12O9. The van der Waals surface area contributed by atoms with E-state index in [1.807, 2.05) is 0 Å². The zero-order chi connectivity index (χ0) is 18.5. The minimum Gasteiger partial charge on any atom is -0.507 e. The Kier molecular flexibility index (Phi) is 3.49. The molecule has 0 atom stereocenters. The minimum atomic E-state index is -1.06. The third-order valence-electron chi connectivity index (χ3n) is 3.63. The molecule has 0 aliphatic rings. The Balaban J connectivity index is 2.43. The molecule has 6 N–H and O–H groups in total. The van der Waals surface area contributed by atoms with Crippen molar-refractivity contribution in [2.45, 2.75) is 0 Å². The second-order valence-electron chi connectivity index (χ2n) is 5.12. The lowest BCUT2D eigenvalue weighted by atomic mass is 10.1. The highest BCUT2D eigenvalue weighted by atomic mass is 16.5. The fraction of sp³-hybridized carbons (Fsp3) is 0.0625. The first kappa shape index (κ1) is 16.1. The van der Waals surface area contributed by atoms with Crippen LogP contribution in [0.5, 0.6) is 40.2 Å². The van der Waals surface area contributed by atoms with Crippen molar-refractivity contribution in [3.8, 4) is 51.6 Å². The highest BCUT2D eigenvalue weighted by molar-refractivity contribution is 5.89. The maximum Gasteiger partial charge on any atom is 0.238 e. The van der Waals surface area contributed by atoms with Gasteiger partial charge in [-0.3, -0.25) is 4.79 Å². The molecule has 0 bridgehead atoms. The molecule has 130 valence electrons. The van der Waals surface area contributed by atoms with Crippen LogP contribution in [0.4, 0.5) is 0 Å². The van der Waals surface area contributed by atoms with E-state index in [1.54, 1.807) is 0 Å². The van der Waals surface area contributed by atoms with Crippen LogP contribution in [0.25, 0.3) is 22.3 Å². The average molecular weight is 348 g/mol. The Morgan fingerprint density at radius 2 is 1.52 bits per heavy atom. The molecule has 0 saturated heterocycles. The van der Waals surface area contributed by atoms with Crippen molar-refractivity contribution in [2.24, 2.45) is 0 Å². The van der Waals surface area contributed by atoms with Gasteiger partial charge in [0.05, 0.1) is 12.7 Å². The molecule has 0 aliphatic heterocycles. The van der Waals surface area contributed by atoms with Crippen molar-refractivity contribution < 1.29 is 39.8 Å².